The summed E-state index contributed by atoms with van der Waals surface area (Å²) in [6.07, 6.45) is -1.04. The van der Waals surface area contributed by atoms with Crippen LogP contribution in [0.15, 0.2) is 24.3 Å². The SMILES string of the molecule is COC(=O)c1c(C)[nH]c(C(=O)[C@H](C)OC(=O)[C@@H]2CC(=O)N(c3ccc(C)cc3)C2)c1C. The van der Waals surface area contributed by atoms with Crippen molar-refractivity contribution in [1.82, 2.24) is 4.98 Å². The van der Waals surface area contributed by atoms with Crippen LogP contribution in [0.5, 0.6) is 0 Å². The highest BCUT2D eigenvalue weighted by atomic mass is 16.5. The second-order valence-corrected chi connectivity index (χ2v) is 7.80. The molecular weight excluding hydrogens is 400 g/mol. The molecule has 2 heterocycles. The molecule has 1 N–H and O–H groups in total. The Kier molecular flexibility index (Phi) is 6.29. The van der Waals surface area contributed by atoms with Crippen LogP contribution >= 0.6 is 0 Å². The van der Waals surface area contributed by atoms with Gasteiger partial charge in [0.25, 0.3) is 0 Å². The number of H-pyrrole nitrogens is 1. The zero-order valence-electron chi connectivity index (χ0n) is 18.3. The fraction of sp³-hybridized carbons (Fsp3) is 0.391. The Morgan fingerprint density at radius 3 is 2.39 bits per heavy atom. The lowest BCUT2D eigenvalue weighted by Crippen LogP contribution is -2.30. The highest BCUT2D eigenvalue weighted by Gasteiger charge is 2.38. The number of aryl methyl sites for hydroxylation is 2. The molecule has 0 bridgehead atoms. The van der Waals surface area contributed by atoms with E-state index in [-0.39, 0.29) is 24.6 Å². The van der Waals surface area contributed by atoms with Crippen molar-refractivity contribution in [3.05, 3.63) is 52.3 Å². The van der Waals surface area contributed by atoms with Gasteiger partial charge in [-0.25, -0.2) is 4.79 Å². The molecule has 1 aromatic heterocycles. The number of rotatable bonds is 6. The van der Waals surface area contributed by atoms with Gasteiger partial charge in [0.2, 0.25) is 11.7 Å². The van der Waals surface area contributed by atoms with Crippen molar-refractivity contribution in [2.24, 2.45) is 5.92 Å². The van der Waals surface area contributed by atoms with Gasteiger partial charge in [0.15, 0.2) is 6.10 Å². The van der Waals surface area contributed by atoms with Crippen LogP contribution in [0.4, 0.5) is 5.69 Å². The molecule has 0 aliphatic carbocycles. The van der Waals surface area contributed by atoms with Crippen molar-refractivity contribution < 1.29 is 28.7 Å². The van der Waals surface area contributed by atoms with E-state index in [1.807, 2.05) is 31.2 Å². The van der Waals surface area contributed by atoms with Crippen LogP contribution < -0.4 is 4.90 Å². The van der Waals surface area contributed by atoms with Gasteiger partial charge in [0, 0.05) is 24.3 Å². The van der Waals surface area contributed by atoms with E-state index in [4.69, 9.17) is 9.47 Å². The monoisotopic (exact) mass is 426 g/mol. The van der Waals surface area contributed by atoms with Gasteiger partial charge in [-0.1, -0.05) is 17.7 Å². The Labute approximate surface area is 180 Å². The van der Waals surface area contributed by atoms with Crippen LogP contribution in [-0.2, 0) is 19.1 Å². The van der Waals surface area contributed by atoms with Gasteiger partial charge < -0.3 is 19.4 Å². The van der Waals surface area contributed by atoms with Crippen molar-refractivity contribution >= 4 is 29.3 Å². The van der Waals surface area contributed by atoms with Crippen LogP contribution in [-0.4, -0.2) is 48.4 Å². The van der Waals surface area contributed by atoms with Gasteiger partial charge in [-0.05, 0) is 45.4 Å². The first kappa shape index (κ1) is 22.3. The summed E-state index contributed by atoms with van der Waals surface area (Å²) in [7, 11) is 1.27. The molecule has 1 fully saturated rings. The van der Waals surface area contributed by atoms with Gasteiger partial charge >= 0.3 is 11.9 Å². The van der Waals surface area contributed by atoms with E-state index in [2.05, 4.69) is 4.98 Å². The van der Waals surface area contributed by atoms with Crippen LogP contribution in [0.1, 0.15) is 51.0 Å². The summed E-state index contributed by atoms with van der Waals surface area (Å²) in [5.74, 6) is -2.41. The van der Waals surface area contributed by atoms with E-state index in [1.54, 1.807) is 18.7 Å². The number of carbonyl (C=O) groups is 4. The molecule has 1 aliphatic heterocycles. The van der Waals surface area contributed by atoms with Crippen molar-refractivity contribution in [3.63, 3.8) is 0 Å². The summed E-state index contributed by atoms with van der Waals surface area (Å²) in [6, 6.07) is 7.47. The maximum Gasteiger partial charge on any atom is 0.339 e. The normalized spacial score (nSPS) is 16.9. The molecule has 31 heavy (non-hydrogen) atoms. The quantitative estimate of drug-likeness (QED) is 0.562. The lowest BCUT2D eigenvalue weighted by atomic mass is 10.1. The standard InChI is InChI=1S/C23H26N2O6/c1-12-6-8-17(9-7-12)25-11-16(10-18(25)26)22(28)31-15(4)21(27)20-13(2)19(14(3)24-20)23(29)30-5/h6-9,15-16,24H,10-11H2,1-5H3/t15-,16+/m0/s1. The molecule has 1 aromatic carbocycles. The minimum Gasteiger partial charge on any atom is -0.465 e. The molecular formula is C23H26N2O6. The van der Waals surface area contributed by atoms with E-state index in [9.17, 15) is 19.2 Å². The molecule has 8 nitrogen and oxygen atoms in total. The third-order valence-electron chi connectivity index (χ3n) is 5.54. The highest BCUT2D eigenvalue weighted by Crippen LogP contribution is 2.27. The molecule has 2 atom stereocenters. The number of ether oxygens (including phenoxy) is 2. The number of nitrogens with one attached hydrogen (secondary N) is 1. The molecule has 0 unspecified atom stereocenters. The van der Waals surface area contributed by atoms with E-state index in [1.165, 1.54) is 14.0 Å². The zero-order chi connectivity index (χ0) is 22.9. The molecule has 1 amide bonds. The van der Waals surface area contributed by atoms with E-state index >= 15 is 0 Å². The maximum absolute atomic E-state index is 12.8. The molecule has 164 valence electrons. The van der Waals surface area contributed by atoms with Crippen molar-refractivity contribution in [1.29, 1.82) is 0 Å². The van der Waals surface area contributed by atoms with E-state index in [0.29, 0.717) is 16.8 Å². The molecule has 2 aromatic rings. The minimum absolute atomic E-state index is 0.0285. The number of aromatic nitrogens is 1. The third kappa shape index (κ3) is 4.38. The van der Waals surface area contributed by atoms with Crippen molar-refractivity contribution in [2.75, 3.05) is 18.6 Å². The number of esters is 2. The summed E-state index contributed by atoms with van der Waals surface area (Å²) in [5, 5.41) is 0. The first-order chi connectivity index (χ1) is 14.6. The first-order valence-electron chi connectivity index (χ1n) is 10.0. The van der Waals surface area contributed by atoms with Crippen LogP contribution in [0.3, 0.4) is 0 Å². The number of carbonyl (C=O) groups excluding carboxylic acids is 4. The first-order valence-corrected chi connectivity index (χ1v) is 10.0. The van der Waals surface area contributed by atoms with Gasteiger partial charge in [0.1, 0.15) is 0 Å². The summed E-state index contributed by atoms with van der Waals surface area (Å²) >= 11 is 0. The molecule has 1 aliphatic rings. The topological polar surface area (TPSA) is 106 Å². The molecule has 0 spiro atoms. The van der Waals surface area contributed by atoms with Crippen LogP contribution in [0, 0.1) is 26.7 Å². The van der Waals surface area contributed by atoms with Crippen LogP contribution in [0.25, 0.3) is 0 Å². The van der Waals surface area contributed by atoms with Crippen LogP contribution in [0.2, 0.25) is 0 Å². The second kappa shape index (κ2) is 8.75. The molecule has 3 rings (SSSR count). The molecule has 0 radical (unpaired) electrons. The molecule has 8 heteroatoms. The summed E-state index contributed by atoms with van der Waals surface area (Å²) in [5.41, 5.74) is 3.23. The predicted molar refractivity (Wildman–Crippen MR) is 113 cm³/mol. The Bertz CT molecular complexity index is 1040. The highest BCUT2D eigenvalue weighted by molar-refractivity contribution is 6.04. The Balaban J connectivity index is 1.68. The minimum atomic E-state index is -1.07. The number of benzene rings is 1. The fourth-order valence-electron chi connectivity index (χ4n) is 3.77. The average molecular weight is 426 g/mol. The van der Waals surface area contributed by atoms with Crippen molar-refractivity contribution in [3.8, 4) is 0 Å². The Morgan fingerprint density at radius 1 is 1.13 bits per heavy atom. The summed E-state index contributed by atoms with van der Waals surface area (Å²) in [4.78, 5) is 54.3. The number of ketones is 1. The van der Waals surface area contributed by atoms with Gasteiger partial charge in [-0.3, -0.25) is 14.4 Å². The number of hydrogen-bond donors (Lipinski definition) is 1. The fourth-order valence-corrected chi connectivity index (χ4v) is 3.77. The largest absolute Gasteiger partial charge is 0.465 e. The van der Waals surface area contributed by atoms with Crippen molar-refractivity contribution in [2.45, 2.75) is 40.2 Å². The average Bonchev–Trinajstić information content (AvgIpc) is 3.26. The number of nitrogens with zero attached hydrogens (tertiary/aromatic N) is 1. The Hall–Kier alpha value is -3.42. The number of methoxy groups -OCH3 is 1. The smallest absolute Gasteiger partial charge is 0.339 e. The number of anilines is 1. The van der Waals surface area contributed by atoms with E-state index < -0.39 is 29.7 Å². The van der Waals surface area contributed by atoms with Gasteiger partial charge in [-0.15, -0.1) is 0 Å². The number of Topliss-reactive ketones (excluding diaryl/α,β-unsaturated/α-hetero) is 1. The van der Waals surface area contributed by atoms with E-state index in [0.717, 1.165) is 11.3 Å². The second-order valence-electron chi connectivity index (χ2n) is 7.80. The number of amides is 1. The lowest BCUT2D eigenvalue weighted by molar-refractivity contribution is -0.151. The molecule has 1 saturated heterocycles. The number of aromatic amines is 1. The van der Waals surface area contributed by atoms with Gasteiger partial charge in [0.05, 0.1) is 24.3 Å². The summed E-state index contributed by atoms with van der Waals surface area (Å²) in [6.45, 7) is 6.93. The zero-order valence-corrected chi connectivity index (χ0v) is 18.3. The predicted octanol–water partition coefficient (Wildman–Crippen LogP) is 2.89. The van der Waals surface area contributed by atoms with Gasteiger partial charge in [-0.2, -0.15) is 0 Å². The number of hydrogen-bond acceptors (Lipinski definition) is 6. The third-order valence-corrected chi connectivity index (χ3v) is 5.54. The Morgan fingerprint density at radius 2 is 1.77 bits per heavy atom. The maximum atomic E-state index is 12.8. The lowest BCUT2D eigenvalue weighted by Gasteiger charge is -2.18. The summed E-state index contributed by atoms with van der Waals surface area (Å²) < 4.78 is 10.1. The molecule has 0 saturated carbocycles.